The van der Waals surface area contributed by atoms with E-state index in [1.165, 1.54) is 13.5 Å². The molecule has 0 aromatic heterocycles. The van der Waals surface area contributed by atoms with Gasteiger partial charge < -0.3 is 4.74 Å². The molecule has 2 saturated heterocycles. The van der Waals surface area contributed by atoms with E-state index < -0.39 is 0 Å². The van der Waals surface area contributed by atoms with Crippen LogP contribution in [0.25, 0.3) is 0 Å². The molecule has 0 saturated carbocycles. The summed E-state index contributed by atoms with van der Waals surface area (Å²) >= 11 is 0. The number of methoxy groups -OCH3 is 1. The number of rotatable bonds is 3. The van der Waals surface area contributed by atoms with Gasteiger partial charge in [0.05, 0.1) is 7.11 Å². The minimum atomic E-state index is -0.196. The quantitative estimate of drug-likeness (QED) is 0.719. The number of carbonyl (C=O) groups is 2. The second-order valence-electron chi connectivity index (χ2n) is 5.84. The van der Waals surface area contributed by atoms with Crippen molar-refractivity contribution in [2.75, 3.05) is 7.11 Å². The van der Waals surface area contributed by atoms with E-state index in [4.69, 9.17) is 4.74 Å². The van der Waals surface area contributed by atoms with E-state index in [1.54, 1.807) is 0 Å². The van der Waals surface area contributed by atoms with E-state index >= 15 is 0 Å². The molecule has 2 fully saturated rings. The lowest BCUT2D eigenvalue weighted by molar-refractivity contribution is -0.156. The fourth-order valence-electron chi connectivity index (χ4n) is 3.52. The molecule has 0 aliphatic carbocycles. The molecule has 3 atom stereocenters. The third-order valence-corrected chi connectivity index (χ3v) is 4.24. The Morgan fingerprint density at radius 2 is 1.83 bits per heavy atom. The van der Waals surface area contributed by atoms with Crippen LogP contribution in [0.1, 0.15) is 46.0 Å². The van der Waals surface area contributed by atoms with Gasteiger partial charge in [-0.2, -0.15) is 0 Å². The Hall–Kier alpha value is -0.900. The first-order chi connectivity index (χ1) is 8.54. The van der Waals surface area contributed by atoms with Crippen LogP contribution < -0.4 is 0 Å². The van der Waals surface area contributed by atoms with Crippen LogP contribution in [0.2, 0.25) is 0 Å². The molecule has 2 aliphatic rings. The van der Waals surface area contributed by atoms with Crippen LogP contribution in [0.5, 0.6) is 0 Å². The summed E-state index contributed by atoms with van der Waals surface area (Å²) in [6.07, 6.45) is 4.45. The van der Waals surface area contributed by atoms with Crippen molar-refractivity contribution in [3.05, 3.63) is 0 Å². The molecule has 4 heteroatoms. The lowest BCUT2D eigenvalue weighted by Crippen LogP contribution is -2.60. The summed E-state index contributed by atoms with van der Waals surface area (Å²) in [4.78, 5) is 26.0. The number of Topliss-reactive ketones (excluding diaryl/α,β-unsaturated/α-hetero) is 1. The zero-order chi connectivity index (χ0) is 13.3. The van der Waals surface area contributed by atoms with Crippen LogP contribution in [-0.2, 0) is 14.3 Å². The number of hydrogen-bond donors (Lipinski definition) is 0. The summed E-state index contributed by atoms with van der Waals surface area (Å²) in [5, 5.41) is 0. The van der Waals surface area contributed by atoms with Gasteiger partial charge in [-0.05, 0) is 18.8 Å². The highest BCUT2D eigenvalue weighted by atomic mass is 16.5. The normalized spacial score (nSPS) is 30.3. The van der Waals surface area contributed by atoms with E-state index in [-0.39, 0.29) is 30.0 Å². The third-order valence-electron chi connectivity index (χ3n) is 4.24. The molecule has 102 valence electrons. The number of carbonyl (C=O) groups excluding carboxylic acids is 2. The molecule has 0 spiro atoms. The SMILES string of the molecule is COC(=O)C(C(C)C)N1C2CCCC1CC(=O)C2. The molecular formula is C14H23NO3. The van der Waals surface area contributed by atoms with Crippen molar-refractivity contribution < 1.29 is 14.3 Å². The van der Waals surface area contributed by atoms with Crippen molar-refractivity contribution in [2.24, 2.45) is 5.92 Å². The number of fused-ring (bicyclic) bond motifs is 2. The van der Waals surface area contributed by atoms with Crippen molar-refractivity contribution in [1.82, 2.24) is 4.90 Å². The highest BCUT2D eigenvalue weighted by Gasteiger charge is 2.44. The number of piperidine rings is 2. The summed E-state index contributed by atoms with van der Waals surface area (Å²) in [5.74, 6) is 0.415. The second kappa shape index (κ2) is 5.39. The van der Waals surface area contributed by atoms with E-state index in [0.29, 0.717) is 18.6 Å². The smallest absolute Gasteiger partial charge is 0.323 e. The maximum absolute atomic E-state index is 12.0. The van der Waals surface area contributed by atoms with Crippen LogP contribution in [-0.4, -0.2) is 41.9 Å². The van der Waals surface area contributed by atoms with Crippen LogP contribution in [0.4, 0.5) is 0 Å². The number of nitrogens with zero attached hydrogens (tertiary/aromatic N) is 1. The van der Waals surface area contributed by atoms with Gasteiger partial charge in [0.15, 0.2) is 0 Å². The predicted octanol–water partition coefficient (Wildman–Crippen LogP) is 1.77. The molecule has 2 heterocycles. The zero-order valence-electron chi connectivity index (χ0n) is 11.5. The third kappa shape index (κ3) is 2.44. The van der Waals surface area contributed by atoms with Gasteiger partial charge in [-0.1, -0.05) is 20.3 Å². The minimum Gasteiger partial charge on any atom is -0.468 e. The highest BCUT2D eigenvalue weighted by molar-refractivity contribution is 5.82. The summed E-state index contributed by atoms with van der Waals surface area (Å²) in [6, 6.07) is 0.298. The lowest BCUT2D eigenvalue weighted by atomic mass is 9.81. The Bertz CT molecular complexity index is 324. The zero-order valence-corrected chi connectivity index (χ0v) is 11.5. The van der Waals surface area contributed by atoms with Crippen molar-refractivity contribution in [3.8, 4) is 0 Å². The standard InChI is InChI=1S/C14H23NO3/c1-9(2)13(14(17)18-3)15-10-5-4-6-11(15)8-12(16)7-10/h9-11,13H,4-8H2,1-3H3. The second-order valence-corrected chi connectivity index (χ2v) is 5.84. The number of ether oxygens (including phenoxy) is 1. The molecule has 2 bridgehead atoms. The molecule has 0 aromatic carbocycles. The molecule has 18 heavy (non-hydrogen) atoms. The van der Waals surface area contributed by atoms with Gasteiger partial charge in [-0.25, -0.2) is 0 Å². The molecule has 2 rings (SSSR count). The van der Waals surface area contributed by atoms with Gasteiger partial charge in [0, 0.05) is 24.9 Å². The Kier molecular flexibility index (Phi) is 4.05. The largest absolute Gasteiger partial charge is 0.468 e. The van der Waals surface area contributed by atoms with Crippen molar-refractivity contribution in [3.63, 3.8) is 0 Å². The van der Waals surface area contributed by atoms with Gasteiger partial charge >= 0.3 is 5.97 Å². The minimum absolute atomic E-state index is 0.156. The number of ketones is 1. The number of hydrogen-bond acceptors (Lipinski definition) is 4. The maximum Gasteiger partial charge on any atom is 0.323 e. The van der Waals surface area contributed by atoms with Crippen LogP contribution in [0.3, 0.4) is 0 Å². The molecular weight excluding hydrogens is 230 g/mol. The fourth-order valence-corrected chi connectivity index (χ4v) is 3.52. The molecule has 0 aromatic rings. The molecule has 4 nitrogen and oxygen atoms in total. The molecule has 0 amide bonds. The summed E-state index contributed by atoms with van der Waals surface area (Å²) in [6.45, 7) is 4.10. The monoisotopic (exact) mass is 253 g/mol. The molecule has 0 radical (unpaired) electrons. The Morgan fingerprint density at radius 3 is 2.28 bits per heavy atom. The van der Waals surface area contributed by atoms with Gasteiger partial charge in [0.25, 0.3) is 0 Å². The van der Waals surface area contributed by atoms with Gasteiger partial charge in [0.1, 0.15) is 11.8 Å². The topological polar surface area (TPSA) is 46.6 Å². The first kappa shape index (κ1) is 13.5. The average Bonchev–Trinajstić information content (AvgIpc) is 2.29. The average molecular weight is 253 g/mol. The van der Waals surface area contributed by atoms with E-state index in [9.17, 15) is 9.59 Å². The molecule has 3 unspecified atom stereocenters. The Balaban J connectivity index is 2.23. The first-order valence-electron chi connectivity index (χ1n) is 6.91. The lowest BCUT2D eigenvalue weighted by Gasteiger charge is -2.49. The van der Waals surface area contributed by atoms with E-state index in [1.807, 2.05) is 13.8 Å². The molecule has 0 N–H and O–H groups in total. The predicted molar refractivity (Wildman–Crippen MR) is 68.1 cm³/mol. The summed E-state index contributed by atoms with van der Waals surface area (Å²) in [7, 11) is 1.45. The van der Waals surface area contributed by atoms with Crippen LogP contribution >= 0.6 is 0 Å². The summed E-state index contributed by atoms with van der Waals surface area (Å²) < 4.78 is 4.95. The molecule has 2 aliphatic heterocycles. The Labute approximate surface area is 109 Å². The van der Waals surface area contributed by atoms with Crippen LogP contribution in [0, 0.1) is 5.92 Å². The van der Waals surface area contributed by atoms with Gasteiger partial charge in [-0.3, -0.25) is 14.5 Å². The van der Waals surface area contributed by atoms with Crippen molar-refractivity contribution >= 4 is 11.8 Å². The first-order valence-corrected chi connectivity index (χ1v) is 6.91. The fraction of sp³-hybridized carbons (Fsp3) is 0.857. The summed E-state index contributed by atoms with van der Waals surface area (Å²) in [5.41, 5.74) is 0. The van der Waals surface area contributed by atoms with E-state index in [2.05, 4.69) is 4.90 Å². The van der Waals surface area contributed by atoms with Gasteiger partial charge in [0.2, 0.25) is 0 Å². The Morgan fingerprint density at radius 1 is 1.28 bits per heavy atom. The van der Waals surface area contributed by atoms with Gasteiger partial charge in [-0.15, -0.1) is 0 Å². The highest BCUT2D eigenvalue weighted by Crippen LogP contribution is 2.35. The van der Waals surface area contributed by atoms with Crippen LogP contribution in [0.15, 0.2) is 0 Å². The van der Waals surface area contributed by atoms with Crippen molar-refractivity contribution in [1.29, 1.82) is 0 Å². The maximum atomic E-state index is 12.0. The number of esters is 1. The van der Waals surface area contributed by atoms with E-state index in [0.717, 1.165) is 12.8 Å². The van der Waals surface area contributed by atoms with Crippen molar-refractivity contribution in [2.45, 2.75) is 64.1 Å².